The summed E-state index contributed by atoms with van der Waals surface area (Å²) in [6, 6.07) is 0. The number of unbranched alkanes of at least 4 members (excludes halogenated alkanes) is 8. The molecule has 3 nitrogen and oxygen atoms in total. The zero-order valence-corrected chi connectivity index (χ0v) is 13.9. The SMILES string of the molecule is CCCCCCC(O)CCC(O)CCCCCCCC=O. The van der Waals surface area contributed by atoms with Gasteiger partial charge < -0.3 is 15.0 Å². The highest BCUT2D eigenvalue weighted by molar-refractivity contribution is 5.48. The molecule has 2 N–H and O–H groups in total. The summed E-state index contributed by atoms with van der Waals surface area (Å²) in [6.45, 7) is 2.19. The van der Waals surface area contributed by atoms with Crippen molar-refractivity contribution in [2.75, 3.05) is 0 Å². The van der Waals surface area contributed by atoms with E-state index in [9.17, 15) is 15.0 Å². The van der Waals surface area contributed by atoms with Crippen molar-refractivity contribution in [2.24, 2.45) is 0 Å². The van der Waals surface area contributed by atoms with Crippen LogP contribution in [0.2, 0.25) is 0 Å². The summed E-state index contributed by atoms with van der Waals surface area (Å²) in [7, 11) is 0. The lowest BCUT2D eigenvalue weighted by Gasteiger charge is -2.14. The van der Waals surface area contributed by atoms with Crippen LogP contribution in [0.15, 0.2) is 0 Å². The minimum absolute atomic E-state index is 0.236. The lowest BCUT2D eigenvalue weighted by Crippen LogP contribution is -2.13. The number of hydrogen-bond acceptors (Lipinski definition) is 3. The molecule has 0 saturated carbocycles. The van der Waals surface area contributed by atoms with Crippen LogP contribution in [0, 0.1) is 0 Å². The number of rotatable bonds is 16. The van der Waals surface area contributed by atoms with Gasteiger partial charge in [0.2, 0.25) is 0 Å². The van der Waals surface area contributed by atoms with E-state index in [4.69, 9.17) is 0 Å². The van der Waals surface area contributed by atoms with Gasteiger partial charge in [-0.05, 0) is 32.1 Å². The molecule has 0 aliphatic carbocycles. The Hall–Kier alpha value is -0.410. The monoisotopic (exact) mass is 300 g/mol. The van der Waals surface area contributed by atoms with Crippen LogP contribution in [0.5, 0.6) is 0 Å². The zero-order valence-electron chi connectivity index (χ0n) is 13.9. The van der Waals surface area contributed by atoms with Crippen LogP contribution in [-0.4, -0.2) is 28.7 Å². The standard InChI is InChI=1S/C18H36O3/c1-2-3-4-9-12-17(20)14-15-18(21)13-10-7-5-6-8-11-16-19/h16-18,20-21H,2-15H2,1H3. The molecule has 0 fully saturated rings. The molecule has 21 heavy (non-hydrogen) atoms. The molecule has 0 rings (SSSR count). The second kappa shape index (κ2) is 16.0. The predicted molar refractivity (Wildman–Crippen MR) is 88.4 cm³/mol. The maximum absolute atomic E-state index is 10.2. The molecular formula is C18H36O3. The fourth-order valence-corrected chi connectivity index (χ4v) is 2.62. The van der Waals surface area contributed by atoms with Gasteiger partial charge in [0.15, 0.2) is 0 Å². The van der Waals surface area contributed by atoms with Gasteiger partial charge in [0.25, 0.3) is 0 Å². The third-order valence-corrected chi connectivity index (χ3v) is 4.08. The van der Waals surface area contributed by atoms with Crippen molar-refractivity contribution in [3.63, 3.8) is 0 Å². The fraction of sp³-hybridized carbons (Fsp3) is 0.944. The van der Waals surface area contributed by atoms with Gasteiger partial charge in [0.1, 0.15) is 6.29 Å². The minimum Gasteiger partial charge on any atom is -0.393 e. The average Bonchev–Trinajstić information content (AvgIpc) is 2.48. The summed E-state index contributed by atoms with van der Waals surface area (Å²) in [5, 5.41) is 19.7. The molecule has 0 aromatic rings. The number of carbonyl (C=O) groups is 1. The number of carbonyl (C=O) groups excluding carboxylic acids is 1. The highest BCUT2D eigenvalue weighted by Crippen LogP contribution is 2.14. The fourth-order valence-electron chi connectivity index (χ4n) is 2.62. The van der Waals surface area contributed by atoms with Gasteiger partial charge in [-0.15, -0.1) is 0 Å². The van der Waals surface area contributed by atoms with Crippen molar-refractivity contribution in [1.29, 1.82) is 0 Å². The lowest BCUT2D eigenvalue weighted by molar-refractivity contribution is -0.107. The van der Waals surface area contributed by atoms with Crippen molar-refractivity contribution >= 4 is 6.29 Å². The number of aliphatic hydroxyl groups excluding tert-OH is 2. The first-order valence-corrected chi connectivity index (χ1v) is 9.00. The predicted octanol–water partition coefficient (Wildman–Crippen LogP) is 4.39. The van der Waals surface area contributed by atoms with Gasteiger partial charge >= 0.3 is 0 Å². The molecule has 0 aromatic carbocycles. The molecule has 0 saturated heterocycles. The lowest BCUT2D eigenvalue weighted by atomic mass is 10.0. The van der Waals surface area contributed by atoms with E-state index in [1.807, 2.05) is 0 Å². The Kier molecular flexibility index (Phi) is 15.7. The summed E-state index contributed by atoms with van der Waals surface area (Å²) in [5.41, 5.74) is 0. The van der Waals surface area contributed by atoms with Crippen molar-refractivity contribution in [3.05, 3.63) is 0 Å². The molecule has 2 unspecified atom stereocenters. The van der Waals surface area contributed by atoms with E-state index in [0.29, 0.717) is 6.42 Å². The molecule has 2 atom stereocenters. The second-order valence-corrected chi connectivity index (χ2v) is 6.25. The Morgan fingerprint density at radius 3 is 1.71 bits per heavy atom. The van der Waals surface area contributed by atoms with E-state index in [0.717, 1.165) is 70.5 Å². The summed E-state index contributed by atoms with van der Waals surface area (Å²) in [6.07, 6.45) is 14.6. The Morgan fingerprint density at radius 1 is 0.714 bits per heavy atom. The van der Waals surface area contributed by atoms with Gasteiger partial charge in [-0.1, -0.05) is 58.3 Å². The first-order valence-electron chi connectivity index (χ1n) is 9.00. The second-order valence-electron chi connectivity index (χ2n) is 6.25. The molecule has 0 amide bonds. The van der Waals surface area contributed by atoms with Crippen molar-refractivity contribution in [1.82, 2.24) is 0 Å². The van der Waals surface area contributed by atoms with E-state index in [2.05, 4.69) is 6.92 Å². The Morgan fingerprint density at radius 2 is 1.19 bits per heavy atom. The number of hydrogen-bond donors (Lipinski definition) is 2. The smallest absolute Gasteiger partial charge is 0.119 e. The van der Waals surface area contributed by atoms with Crippen LogP contribution in [0.4, 0.5) is 0 Å². The van der Waals surface area contributed by atoms with Crippen LogP contribution in [0.1, 0.15) is 96.8 Å². The normalized spacial score (nSPS) is 14.0. The molecule has 126 valence electrons. The maximum atomic E-state index is 10.2. The van der Waals surface area contributed by atoms with Gasteiger partial charge in [-0.3, -0.25) is 0 Å². The van der Waals surface area contributed by atoms with Crippen LogP contribution in [0.3, 0.4) is 0 Å². The van der Waals surface area contributed by atoms with Gasteiger partial charge in [-0.25, -0.2) is 0 Å². The molecule has 0 bridgehead atoms. The molecule has 3 heteroatoms. The molecule has 0 heterocycles. The van der Waals surface area contributed by atoms with Gasteiger partial charge in [0.05, 0.1) is 12.2 Å². The van der Waals surface area contributed by atoms with E-state index in [-0.39, 0.29) is 12.2 Å². The summed E-state index contributed by atoms with van der Waals surface area (Å²) in [5.74, 6) is 0. The maximum Gasteiger partial charge on any atom is 0.119 e. The van der Waals surface area contributed by atoms with Crippen molar-refractivity contribution in [3.8, 4) is 0 Å². The minimum atomic E-state index is -0.259. The Bertz CT molecular complexity index is 219. The molecule has 0 spiro atoms. The number of aliphatic hydroxyl groups is 2. The highest BCUT2D eigenvalue weighted by atomic mass is 16.3. The van der Waals surface area contributed by atoms with Crippen molar-refractivity contribution in [2.45, 2.75) is 109 Å². The van der Waals surface area contributed by atoms with Crippen molar-refractivity contribution < 1.29 is 15.0 Å². The summed E-state index contributed by atoms with van der Waals surface area (Å²) in [4.78, 5) is 10.2. The number of aldehydes is 1. The topological polar surface area (TPSA) is 57.5 Å². The van der Waals surface area contributed by atoms with Crippen LogP contribution in [0.25, 0.3) is 0 Å². The molecule has 0 aliphatic rings. The van der Waals surface area contributed by atoms with Crippen LogP contribution < -0.4 is 0 Å². The Balaban J connectivity index is 3.32. The first kappa shape index (κ1) is 20.6. The summed E-state index contributed by atoms with van der Waals surface area (Å²) < 4.78 is 0. The third kappa shape index (κ3) is 15.8. The highest BCUT2D eigenvalue weighted by Gasteiger charge is 2.09. The van der Waals surface area contributed by atoms with E-state index < -0.39 is 0 Å². The van der Waals surface area contributed by atoms with Crippen LogP contribution in [-0.2, 0) is 4.79 Å². The quantitative estimate of drug-likeness (QED) is 0.328. The zero-order chi connectivity index (χ0) is 15.8. The molecule has 0 radical (unpaired) electrons. The van der Waals surface area contributed by atoms with Gasteiger partial charge in [-0.2, -0.15) is 0 Å². The van der Waals surface area contributed by atoms with E-state index in [1.54, 1.807) is 0 Å². The molecule has 0 aromatic heterocycles. The van der Waals surface area contributed by atoms with Gasteiger partial charge in [0, 0.05) is 6.42 Å². The Labute approximate surface area is 131 Å². The third-order valence-electron chi connectivity index (χ3n) is 4.08. The molecule has 0 aliphatic heterocycles. The van der Waals surface area contributed by atoms with E-state index in [1.165, 1.54) is 19.3 Å². The van der Waals surface area contributed by atoms with Crippen LogP contribution >= 0.6 is 0 Å². The molecular weight excluding hydrogens is 264 g/mol. The largest absolute Gasteiger partial charge is 0.393 e. The summed E-state index contributed by atoms with van der Waals surface area (Å²) >= 11 is 0. The average molecular weight is 300 g/mol. The van der Waals surface area contributed by atoms with E-state index >= 15 is 0 Å². The first-order chi connectivity index (χ1) is 10.2.